The Kier molecular flexibility index (Phi) is 8.21. The molecule has 0 saturated carbocycles. The SMILES string of the molecule is CC(C)c1ccc([C@](O)(CCCN2CCC(C(O)(c3ccccc3)c3ccccc3)CC2)c2nnn[nH]2)cc1. The molecule has 0 unspecified atom stereocenters. The summed E-state index contributed by atoms with van der Waals surface area (Å²) in [7, 11) is 0. The van der Waals surface area contributed by atoms with E-state index < -0.39 is 11.2 Å². The Bertz CT molecular complexity index is 1250. The van der Waals surface area contributed by atoms with Crippen LogP contribution in [0.3, 0.4) is 0 Å². The number of nitrogens with one attached hydrogen (secondary N) is 1. The van der Waals surface area contributed by atoms with E-state index in [1.807, 2.05) is 72.8 Å². The van der Waals surface area contributed by atoms with Crippen LogP contribution in [0.15, 0.2) is 84.9 Å². The summed E-state index contributed by atoms with van der Waals surface area (Å²) in [4.78, 5) is 2.44. The molecule has 0 aliphatic carbocycles. The lowest BCUT2D eigenvalue weighted by molar-refractivity contribution is -0.0154. The maximum absolute atomic E-state index is 12.2. The quantitative estimate of drug-likeness (QED) is 0.270. The molecule has 4 aromatic rings. The molecule has 2 heterocycles. The predicted octanol–water partition coefficient (Wildman–Crippen LogP) is 4.99. The van der Waals surface area contributed by atoms with E-state index in [-0.39, 0.29) is 5.92 Å². The third-order valence-corrected chi connectivity index (χ3v) is 8.41. The number of benzene rings is 3. The topological polar surface area (TPSA) is 98.2 Å². The minimum Gasteiger partial charge on any atom is -0.380 e. The number of aromatic amines is 1. The van der Waals surface area contributed by atoms with Crippen molar-refractivity contribution in [2.24, 2.45) is 5.92 Å². The van der Waals surface area contributed by atoms with Crippen LogP contribution in [0, 0.1) is 5.92 Å². The van der Waals surface area contributed by atoms with E-state index in [2.05, 4.69) is 51.5 Å². The minimum atomic E-state index is -1.28. The van der Waals surface area contributed by atoms with Crippen molar-refractivity contribution in [1.29, 1.82) is 0 Å². The lowest BCUT2D eigenvalue weighted by Gasteiger charge is -2.42. The monoisotopic (exact) mass is 525 g/mol. The van der Waals surface area contributed by atoms with Crippen LogP contribution < -0.4 is 0 Å². The third kappa shape index (κ3) is 5.66. The van der Waals surface area contributed by atoms with Crippen molar-refractivity contribution in [1.82, 2.24) is 25.5 Å². The molecule has 0 radical (unpaired) electrons. The fourth-order valence-corrected chi connectivity index (χ4v) is 6.03. The lowest BCUT2D eigenvalue weighted by Crippen LogP contribution is -2.44. The predicted molar refractivity (Wildman–Crippen MR) is 152 cm³/mol. The number of hydrogen-bond donors (Lipinski definition) is 3. The Labute approximate surface area is 230 Å². The van der Waals surface area contributed by atoms with Crippen LogP contribution in [0.25, 0.3) is 0 Å². The van der Waals surface area contributed by atoms with Gasteiger partial charge in [-0.2, -0.15) is 0 Å². The zero-order valence-electron chi connectivity index (χ0n) is 22.9. The first-order valence-electron chi connectivity index (χ1n) is 14.0. The molecule has 1 saturated heterocycles. The molecule has 1 atom stereocenters. The standard InChI is InChI=1S/C32H39N5O2/c1-24(2)25-14-16-26(17-15-25)31(38,30-33-35-36-34-30)20-9-21-37-22-18-29(19-23-37)32(39,27-10-5-3-6-11-27)28-12-7-4-8-13-28/h3-8,10-17,24,29,38-39H,9,18-23H2,1-2H3,(H,33,34,35,36)/t31-/m1/s1. The van der Waals surface area contributed by atoms with Gasteiger partial charge >= 0.3 is 0 Å². The van der Waals surface area contributed by atoms with E-state index >= 15 is 0 Å². The Hall–Kier alpha value is -3.39. The van der Waals surface area contributed by atoms with Crippen LogP contribution in [0.2, 0.25) is 0 Å². The van der Waals surface area contributed by atoms with Crippen LogP contribution in [0.5, 0.6) is 0 Å². The average molecular weight is 526 g/mol. The summed E-state index contributed by atoms with van der Waals surface area (Å²) in [5.41, 5.74) is 1.62. The second-order valence-electron chi connectivity index (χ2n) is 11.1. The van der Waals surface area contributed by atoms with Crippen LogP contribution in [-0.2, 0) is 11.2 Å². The Morgan fingerprint density at radius 1 is 0.846 bits per heavy atom. The van der Waals surface area contributed by atoms with Gasteiger partial charge in [-0.05, 0) is 89.8 Å². The number of likely N-dealkylation sites (tertiary alicyclic amines) is 1. The highest BCUT2D eigenvalue weighted by Crippen LogP contribution is 2.42. The van der Waals surface area contributed by atoms with Crippen molar-refractivity contribution in [3.05, 3.63) is 113 Å². The molecular formula is C32H39N5O2. The Morgan fingerprint density at radius 2 is 1.44 bits per heavy atom. The van der Waals surface area contributed by atoms with Crippen molar-refractivity contribution >= 4 is 0 Å². The molecule has 3 aromatic carbocycles. The first-order chi connectivity index (χ1) is 18.9. The summed E-state index contributed by atoms with van der Waals surface area (Å²) >= 11 is 0. The molecular weight excluding hydrogens is 486 g/mol. The highest BCUT2D eigenvalue weighted by Gasteiger charge is 2.41. The highest BCUT2D eigenvalue weighted by molar-refractivity contribution is 5.37. The zero-order valence-corrected chi connectivity index (χ0v) is 22.9. The number of hydrogen-bond acceptors (Lipinski definition) is 6. The van der Waals surface area contributed by atoms with E-state index in [1.165, 1.54) is 5.56 Å². The van der Waals surface area contributed by atoms with Gasteiger partial charge in [-0.25, -0.2) is 5.10 Å². The van der Waals surface area contributed by atoms with Gasteiger partial charge in [0.1, 0.15) is 5.60 Å². The van der Waals surface area contributed by atoms with Gasteiger partial charge in [0.25, 0.3) is 0 Å². The lowest BCUT2D eigenvalue weighted by atomic mass is 9.72. The number of nitrogens with zero attached hydrogens (tertiary/aromatic N) is 4. The van der Waals surface area contributed by atoms with Crippen molar-refractivity contribution in [2.45, 2.75) is 56.7 Å². The number of aliphatic hydroxyl groups is 2. The van der Waals surface area contributed by atoms with Gasteiger partial charge in [-0.15, -0.1) is 5.10 Å². The van der Waals surface area contributed by atoms with E-state index in [9.17, 15) is 10.2 Å². The Morgan fingerprint density at radius 3 is 1.95 bits per heavy atom. The van der Waals surface area contributed by atoms with Crippen molar-refractivity contribution in [3.8, 4) is 0 Å². The smallest absolute Gasteiger partial charge is 0.185 e. The van der Waals surface area contributed by atoms with E-state index in [0.29, 0.717) is 18.2 Å². The normalized spacial score (nSPS) is 16.8. The van der Waals surface area contributed by atoms with Crippen LogP contribution in [0.4, 0.5) is 0 Å². The molecule has 0 bridgehead atoms. The first kappa shape index (κ1) is 27.2. The molecule has 1 fully saturated rings. The molecule has 204 valence electrons. The summed E-state index contributed by atoms with van der Waals surface area (Å²) in [5.74, 6) is 0.910. The number of H-pyrrole nitrogens is 1. The average Bonchev–Trinajstić information content (AvgIpc) is 3.54. The number of rotatable bonds is 10. The number of tetrazole rings is 1. The van der Waals surface area contributed by atoms with E-state index in [0.717, 1.165) is 55.6 Å². The summed E-state index contributed by atoms with van der Waals surface area (Å²) in [5, 5.41) is 38.3. The third-order valence-electron chi connectivity index (χ3n) is 8.41. The fourth-order valence-electron chi connectivity index (χ4n) is 6.03. The second-order valence-corrected chi connectivity index (χ2v) is 11.1. The molecule has 5 rings (SSSR count). The van der Waals surface area contributed by atoms with Gasteiger partial charge in [-0.1, -0.05) is 98.8 Å². The van der Waals surface area contributed by atoms with Crippen LogP contribution in [-0.4, -0.2) is 55.4 Å². The highest BCUT2D eigenvalue weighted by atomic mass is 16.3. The summed E-state index contributed by atoms with van der Waals surface area (Å²) in [6.45, 7) is 6.97. The molecule has 1 aromatic heterocycles. The Balaban J connectivity index is 1.25. The molecule has 7 heteroatoms. The minimum absolute atomic E-state index is 0.121. The van der Waals surface area contributed by atoms with Gasteiger partial charge in [0, 0.05) is 0 Å². The van der Waals surface area contributed by atoms with Gasteiger partial charge in [0.05, 0.1) is 0 Å². The molecule has 1 aliphatic rings. The zero-order chi connectivity index (χ0) is 27.3. The van der Waals surface area contributed by atoms with Gasteiger partial charge < -0.3 is 15.1 Å². The van der Waals surface area contributed by atoms with E-state index in [4.69, 9.17) is 0 Å². The molecule has 3 N–H and O–H groups in total. The van der Waals surface area contributed by atoms with Crippen LogP contribution in [0.1, 0.15) is 73.5 Å². The first-order valence-corrected chi connectivity index (χ1v) is 14.0. The molecule has 0 spiro atoms. The molecule has 1 aliphatic heterocycles. The van der Waals surface area contributed by atoms with E-state index in [1.54, 1.807) is 0 Å². The van der Waals surface area contributed by atoms with Crippen molar-refractivity contribution < 1.29 is 10.2 Å². The molecule has 0 amide bonds. The van der Waals surface area contributed by atoms with Gasteiger partial charge in [0.15, 0.2) is 11.4 Å². The number of aromatic nitrogens is 4. The molecule has 39 heavy (non-hydrogen) atoms. The maximum Gasteiger partial charge on any atom is 0.185 e. The summed E-state index contributed by atoms with van der Waals surface area (Å²) in [6.07, 6.45) is 3.08. The van der Waals surface area contributed by atoms with Crippen molar-refractivity contribution in [2.75, 3.05) is 19.6 Å². The summed E-state index contributed by atoms with van der Waals surface area (Å²) < 4.78 is 0. The maximum atomic E-state index is 12.2. The summed E-state index contributed by atoms with van der Waals surface area (Å²) in [6, 6.07) is 28.2. The van der Waals surface area contributed by atoms with Gasteiger partial charge in [0.2, 0.25) is 0 Å². The number of piperidine rings is 1. The largest absolute Gasteiger partial charge is 0.380 e. The fraction of sp³-hybridized carbons (Fsp3) is 0.406. The second kappa shape index (κ2) is 11.8. The molecule has 7 nitrogen and oxygen atoms in total. The van der Waals surface area contributed by atoms with Crippen molar-refractivity contribution in [3.63, 3.8) is 0 Å². The van der Waals surface area contributed by atoms with Crippen LogP contribution >= 0.6 is 0 Å². The van der Waals surface area contributed by atoms with Gasteiger partial charge in [-0.3, -0.25) is 0 Å².